The second-order valence-electron chi connectivity index (χ2n) is 13.2. The van der Waals surface area contributed by atoms with E-state index < -0.39 is 15.4 Å². The molecule has 2 aliphatic rings. The molecule has 1 unspecified atom stereocenters. The summed E-state index contributed by atoms with van der Waals surface area (Å²) in [7, 11) is -4.00. The fourth-order valence-corrected chi connectivity index (χ4v) is 7.77. The van der Waals surface area contributed by atoms with Gasteiger partial charge in [-0.2, -0.15) is 4.98 Å². The van der Waals surface area contributed by atoms with Crippen molar-refractivity contribution in [3.63, 3.8) is 0 Å². The van der Waals surface area contributed by atoms with E-state index in [1.54, 1.807) is 24.3 Å². The van der Waals surface area contributed by atoms with Crippen LogP contribution in [0.3, 0.4) is 0 Å². The summed E-state index contributed by atoms with van der Waals surface area (Å²) in [4.78, 5) is 9.24. The first-order valence-corrected chi connectivity index (χ1v) is 15.7. The Kier molecular flexibility index (Phi) is 7.91. The third kappa shape index (κ3) is 6.12. The topological polar surface area (TPSA) is 122 Å². The molecule has 1 aliphatic carbocycles. The van der Waals surface area contributed by atoms with Crippen molar-refractivity contribution in [2.24, 2.45) is 22.7 Å². The number of ether oxygens (including phenoxy) is 1. The number of nitrogens with one attached hydrogen (secondary N) is 1. The van der Waals surface area contributed by atoms with E-state index in [1.165, 1.54) is 0 Å². The molecule has 3 N–H and O–H groups in total. The highest BCUT2D eigenvalue weighted by molar-refractivity contribution is 7.92. The highest BCUT2D eigenvalue weighted by Crippen LogP contribution is 2.55. The Morgan fingerprint density at radius 1 is 1.00 bits per heavy atom. The summed E-state index contributed by atoms with van der Waals surface area (Å²) in [5.41, 5.74) is 3.93. The maximum Gasteiger partial charge on any atom is 0.264 e. The average molecular weight is 580 g/mol. The van der Waals surface area contributed by atoms with Crippen molar-refractivity contribution in [1.82, 2.24) is 9.97 Å². The molecule has 2 heterocycles. The number of rotatable bonds is 5. The number of anilines is 1. The number of sulfonamides is 1. The number of aromatic nitrogens is 2. The minimum atomic E-state index is -4.00. The van der Waals surface area contributed by atoms with Crippen LogP contribution in [-0.2, 0) is 10.0 Å². The molecule has 3 aromatic rings. The van der Waals surface area contributed by atoms with Gasteiger partial charge in [0.2, 0.25) is 11.8 Å². The van der Waals surface area contributed by atoms with Gasteiger partial charge in [-0.3, -0.25) is 0 Å². The van der Waals surface area contributed by atoms with Crippen LogP contribution in [0.2, 0.25) is 0 Å². The van der Waals surface area contributed by atoms with Crippen molar-refractivity contribution >= 4 is 16.0 Å². The number of aliphatic hydroxyl groups is 2. The molecule has 41 heavy (non-hydrogen) atoms. The lowest BCUT2D eigenvalue weighted by atomic mass is 9.55. The number of fused-ring (bicyclic) bond motifs is 4. The first-order valence-electron chi connectivity index (χ1n) is 14.3. The van der Waals surface area contributed by atoms with Crippen LogP contribution in [0.25, 0.3) is 11.3 Å². The van der Waals surface area contributed by atoms with E-state index in [0.717, 1.165) is 28.7 Å². The second kappa shape index (κ2) is 11.0. The lowest BCUT2D eigenvalue weighted by Crippen LogP contribution is -2.47. The highest BCUT2D eigenvalue weighted by atomic mass is 32.2. The Morgan fingerprint density at radius 3 is 2.29 bits per heavy atom. The van der Waals surface area contributed by atoms with Gasteiger partial charge in [0.15, 0.2) is 0 Å². The van der Waals surface area contributed by atoms with Crippen molar-refractivity contribution in [3.05, 3.63) is 65.2 Å². The molecule has 220 valence electrons. The van der Waals surface area contributed by atoms with E-state index in [0.29, 0.717) is 31.0 Å². The number of aryl methyl sites for hydroxylation is 2. The molecule has 8 nitrogen and oxygen atoms in total. The van der Waals surface area contributed by atoms with Crippen molar-refractivity contribution in [3.8, 4) is 17.1 Å². The lowest BCUT2D eigenvalue weighted by Gasteiger charge is -2.51. The maximum absolute atomic E-state index is 13.6. The first kappa shape index (κ1) is 29.5. The predicted molar refractivity (Wildman–Crippen MR) is 159 cm³/mol. The zero-order valence-electron chi connectivity index (χ0n) is 24.5. The Bertz CT molecular complexity index is 1500. The molecule has 1 aliphatic heterocycles. The molecule has 1 fully saturated rings. The van der Waals surface area contributed by atoms with Crippen LogP contribution >= 0.6 is 0 Å². The molecule has 0 radical (unpaired) electrons. The van der Waals surface area contributed by atoms with Crippen LogP contribution in [0.5, 0.6) is 5.88 Å². The fourth-order valence-electron chi connectivity index (χ4n) is 6.77. The summed E-state index contributed by atoms with van der Waals surface area (Å²) < 4.78 is 36.3. The van der Waals surface area contributed by atoms with E-state index in [4.69, 9.17) is 4.74 Å². The van der Waals surface area contributed by atoms with E-state index in [-0.39, 0.29) is 47.2 Å². The Labute approximate surface area is 243 Å². The molecule has 1 aromatic heterocycles. The molecule has 0 saturated heterocycles. The third-order valence-corrected chi connectivity index (χ3v) is 9.94. The summed E-state index contributed by atoms with van der Waals surface area (Å²) in [5.74, 6) is 0.429. The molecule has 9 heteroatoms. The van der Waals surface area contributed by atoms with Gasteiger partial charge in [0.25, 0.3) is 10.0 Å². The maximum atomic E-state index is 13.6. The summed E-state index contributed by atoms with van der Waals surface area (Å²) in [5, 5.41) is 20.0. The van der Waals surface area contributed by atoms with Crippen molar-refractivity contribution in [2.45, 2.75) is 64.7 Å². The predicted octanol–water partition coefficient (Wildman–Crippen LogP) is 5.47. The minimum absolute atomic E-state index is 0.0242. The van der Waals surface area contributed by atoms with Crippen LogP contribution < -0.4 is 9.46 Å². The molecule has 1 saturated carbocycles. The molecule has 5 rings (SSSR count). The van der Waals surface area contributed by atoms with Crippen LogP contribution in [0.15, 0.2) is 53.4 Å². The number of aliphatic hydroxyl groups excluding tert-OH is 2. The van der Waals surface area contributed by atoms with Gasteiger partial charge in [0, 0.05) is 23.0 Å². The zero-order chi connectivity index (χ0) is 29.6. The number of hydrogen-bond acceptors (Lipinski definition) is 7. The normalized spacial score (nSPS) is 21.9. The number of hydrogen-bond donors (Lipinski definition) is 3. The van der Waals surface area contributed by atoms with Gasteiger partial charge in [-0.1, -0.05) is 51.1 Å². The van der Waals surface area contributed by atoms with Crippen molar-refractivity contribution < 1.29 is 23.4 Å². The van der Waals surface area contributed by atoms with Crippen molar-refractivity contribution in [1.29, 1.82) is 0 Å². The fraction of sp³-hybridized carbons (Fsp3) is 0.500. The van der Waals surface area contributed by atoms with E-state index in [1.807, 2.05) is 38.1 Å². The smallest absolute Gasteiger partial charge is 0.264 e. The first-order chi connectivity index (χ1) is 19.3. The summed E-state index contributed by atoms with van der Waals surface area (Å²) >= 11 is 0. The molecular formula is C32H41N3O5S. The highest BCUT2D eigenvalue weighted by Gasteiger charge is 2.49. The van der Waals surface area contributed by atoms with Crippen LogP contribution in [0.1, 0.15) is 62.6 Å². The lowest BCUT2D eigenvalue weighted by molar-refractivity contribution is -0.0672. The standard InChI is InChI=1S/C32H41N3O5S/c1-20-8-6-9-21(2)28(20)26-13-27-34-30(33-26)35-41(38,39)25-11-7-10-22(12-25)29(23-15-32(16-23,18-36)19-37)24(17-40-27)14-31(3,4)5/h6-13,23-24,29,36-37H,14-19H2,1-5H3,(H,33,34,35)/t24-,29?/m1/s1. The molecule has 0 spiro atoms. The monoisotopic (exact) mass is 579 g/mol. The summed E-state index contributed by atoms with van der Waals surface area (Å²) in [6, 6.07) is 14.9. The van der Waals surface area contributed by atoms with E-state index in [2.05, 4.69) is 35.5 Å². The van der Waals surface area contributed by atoms with Crippen LogP contribution in [-0.4, -0.2) is 48.4 Å². The average Bonchev–Trinajstić information content (AvgIpc) is 2.87. The molecule has 2 atom stereocenters. The second-order valence-corrected chi connectivity index (χ2v) is 14.9. The van der Waals surface area contributed by atoms with Gasteiger partial charge in [0.1, 0.15) is 0 Å². The summed E-state index contributed by atoms with van der Waals surface area (Å²) in [6.07, 6.45) is 2.15. The molecule has 2 aromatic carbocycles. The SMILES string of the molecule is Cc1cccc(C)c1-c1cc2nc(n1)NS(=O)(=O)c1cccc(c1)C(C1CC(CO)(CO)C1)[C@H](CC(C)(C)C)CO2. The van der Waals surface area contributed by atoms with Gasteiger partial charge in [-0.05, 0) is 79.2 Å². The molecule has 4 bridgehead atoms. The van der Waals surface area contributed by atoms with E-state index in [9.17, 15) is 18.6 Å². The van der Waals surface area contributed by atoms with Gasteiger partial charge < -0.3 is 14.9 Å². The van der Waals surface area contributed by atoms with Crippen LogP contribution in [0, 0.1) is 36.5 Å². The number of benzene rings is 2. The van der Waals surface area contributed by atoms with Gasteiger partial charge in [0.05, 0.1) is 30.4 Å². The zero-order valence-corrected chi connectivity index (χ0v) is 25.3. The Morgan fingerprint density at radius 2 is 1.66 bits per heavy atom. The number of nitrogens with zero attached hydrogens (tertiary/aromatic N) is 2. The van der Waals surface area contributed by atoms with Gasteiger partial charge in [-0.25, -0.2) is 18.1 Å². The van der Waals surface area contributed by atoms with Gasteiger partial charge >= 0.3 is 0 Å². The van der Waals surface area contributed by atoms with Crippen LogP contribution in [0.4, 0.5) is 5.95 Å². The quantitative estimate of drug-likeness (QED) is 0.366. The Hall–Kier alpha value is -3.01. The van der Waals surface area contributed by atoms with Gasteiger partial charge in [-0.15, -0.1) is 0 Å². The third-order valence-electron chi connectivity index (χ3n) is 8.62. The van der Waals surface area contributed by atoms with E-state index >= 15 is 0 Å². The molecule has 0 amide bonds. The minimum Gasteiger partial charge on any atom is -0.477 e. The Balaban J connectivity index is 1.64. The molecular weight excluding hydrogens is 538 g/mol. The summed E-state index contributed by atoms with van der Waals surface area (Å²) in [6.45, 7) is 10.8. The van der Waals surface area contributed by atoms with Crippen molar-refractivity contribution in [2.75, 3.05) is 24.5 Å². The largest absolute Gasteiger partial charge is 0.477 e.